The van der Waals surface area contributed by atoms with Crippen LogP contribution >= 0.6 is 8.60 Å². The van der Waals surface area contributed by atoms with E-state index in [9.17, 15) is 0 Å². The van der Waals surface area contributed by atoms with E-state index in [1.54, 1.807) is 0 Å². The average molecular weight is 287 g/mol. The monoisotopic (exact) mass is 287 g/mol. The van der Waals surface area contributed by atoms with Crippen LogP contribution in [0.5, 0.6) is 11.5 Å². The molecule has 0 radical (unpaired) electrons. The van der Waals surface area contributed by atoms with E-state index < -0.39 is 8.60 Å². The summed E-state index contributed by atoms with van der Waals surface area (Å²) in [4.78, 5) is 19.3. The van der Waals surface area contributed by atoms with Gasteiger partial charge in [0.2, 0.25) is 6.79 Å². The Morgan fingerprint density at radius 3 is 2.84 bits per heavy atom. The minimum absolute atomic E-state index is 0.185. The summed E-state index contributed by atoms with van der Waals surface area (Å²) in [7, 11) is -0.428. The fourth-order valence-electron chi connectivity index (χ4n) is 1.83. The highest BCUT2D eigenvalue weighted by molar-refractivity contribution is 7.39. The van der Waals surface area contributed by atoms with E-state index in [0.717, 1.165) is 23.5 Å². The lowest BCUT2D eigenvalue weighted by Gasteiger charge is -2.24. The van der Waals surface area contributed by atoms with Crippen molar-refractivity contribution in [3.05, 3.63) is 23.8 Å². The maximum absolute atomic E-state index is 8.72. The van der Waals surface area contributed by atoms with Gasteiger partial charge >= 0.3 is 8.60 Å². The second-order valence-electron chi connectivity index (χ2n) is 4.51. The molecule has 0 fully saturated rings. The Labute approximate surface area is 113 Å². The van der Waals surface area contributed by atoms with E-state index >= 15 is 0 Å². The number of fused-ring (bicyclic) bond motifs is 1. The molecule has 106 valence electrons. The predicted molar refractivity (Wildman–Crippen MR) is 70.8 cm³/mol. The minimum Gasteiger partial charge on any atom is -0.454 e. The Morgan fingerprint density at radius 2 is 2.11 bits per heavy atom. The summed E-state index contributed by atoms with van der Waals surface area (Å²) >= 11 is 0. The van der Waals surface area contributed by atoms with Crippen molar-refractivity contribution in [2.75, 3.05) is 20.6 Å². The molecule has 7 heteroatoms. The Hall–Kier alpha value is -0.910. The first-order valence-electron chi connectivity index (χ1n) is 5.96. The molecule has 1 aliphatic rings. The maximum Gasteiger partial charge on any atom is 0.328 e. The number of benzene rings is 1. The van der Waals surface area contributed by atoms with Gasteiger partial charge in [0.05, 0.1) is 0 Å². The van der Waals surface area contributed by atoms with Crippen molar-refractivity contribution in [1.82, 2.24) is 4.90 Å². The standard InChI is InChI=1S/C12H18NO5P/c1-9(13(2)7-18-19(14)15)5-10-3-4-11-12(6-10)17-8-16-11/h3-4,6,9,14-15H,5,7-8H2,1-2H3. The summed E-state index contributed by atoms with van der Waals surface area (Å²) in [5.74, 6) is 1.55. The molecule has 1 atom stereocenters. The lowest BCUT2D eigenvalue weighted by Crippen LogP contribution is -2.32. The molecule has 2 N–H and O–H groups in total. The normalized spacial score (nSPS) is 15.3. The zero-order valence-corrected chi connectivity index (χ0v) is 11.8. The van der Waals surface area contributed by atoms with Crippen LogP contribution in [0, 0.1) is 0 Å². The third-order valence-electron chi connectivity index (χ3n) is 3.10. The van der Waals surface area contributed by atoms with Crippen LogP contribution in [-0.4, -0.2) is 41.3 Å². The first-order chi connectivity index (χ1) is 9.06. The van der Waals surface area contributed by atoms with Gasteiger partial charge in [-0.25, -0.2) is 0 Å². The highest BCUT2D eigenvalue weighted by atomic mass is 31.2. The van der Waals surface area contributed by atoms with Crippen molar-refractivity contribution < 1.29 is 23.8 Å². The molecule has 0 saturated heterocycles. The van der Waals surface area contributed by atoms with E-state index in [1.165, 1.54) is 0 Å². The van der Waals surface area contributed by atoms with E-state index in [0.29, 0.717) is 0 Å². The summed E-state index contributed by atoms with van der Waals surface area (Å²) in [5.41, 5.74) is 1.14. The Morgan fingerprint density at radius 1 is 1.37 bits per heavy atom. The van der Waals surface area contributed by atoms with Crippen molar-refractivity contribution in [3.8, 4) is 11.5 Å². The molecule has 1 unspecified atom stereocenters. The molecule has 0 aliphatic carbocycles. The van der Waals surface area contributed by atoms with Gasteiger partial charge in [-0.1, -0.05) is 6.07 Å². The van der Waals surface area contributed by atoms with Gasteiger partial charge < -0.3 is 19.3 Å². The molecule has 1 heterocycles. The second-order valence-corrected chi connectivity index (χ2v) is 5.27. The third kappa shape index (κ3) is 4.03. The van der Waals surface area contributed by atoms with E-state index in [4.69, 9.17) is 23.8 Å². The van der Waals surface area contributed by atoms with Crippen LogP contribution in [0.25, 0.3) is 0 Å². The van der Waals surface area contributed by atoms with Crippen molar-refractivity contribution in [2.45, 2.75) is 19.4 Å². The van der Waals surface area contributed by atoms with Gasteiger partial charge in [0, 0.05) is 6.04 Å². The second kappa shape index (κ2) is 6.50. The van der Waals surface area contributed by atoms with Gasteiger partial charge in [0.15, 0.2) is 11.5 Å². The van der Waals surface area contributed by atoms with Crippen LogP contribution in [0.2, 0.25) is 0 Å². The third-order valence-corrected chi connectivity index (χ3v) is 3.44. The lowest BCUT2D eigenvalue weighted by atomic mass is 10.1. The van der Waals surface area contributed by atoms with E-state index in [1.807, 2.05) is 37.1 Å². The summed E-state index contributed by atoms with van der Waals surface area (Å²) < 4.78 is 15.4. The van der Waals surface area contributed by atoms with Crippen molar-refractivity contribution in [3.63, 3.8) is 0 Å². The Kier molecular flexibility index (Phi) is 4.96. The SMILES string of the molecule is CC(Cc1ccc2c(c1)OCO2)N(C)COP(O)O. The lowest BCUT2D eigenvalue weighted by molar-refractivity contribution is 0.105. The highest BCUT2D eigenvalue weighted by Gasteiger charge is 2.16. The molecule has 0 saturated carbocycles. The van der Waals surface area contributed by atoms with Crippen LogP contribution in [0.15, 0.2) is 18.2 Å². The maximum atomic E-state index is 8.72. The van der Waals surface area contributed by atoms with Crippen molar-refractivity contribution >= 4 is 8.60 Å². The van der Waals surface area contributed by atoms with Gasteiger partial charge in [0.1, 0.15) is 6.73 Å². The summed E-state index contributed by atoms with van der Waals surface area (Å²) in [5, 5.41) is 0. The topological polar surface area (TPSA) is 71.4 Å². The van der Waals surface area contributed by atoms with Gasteiger partial charge in [0.25, 0.3) is 0 Å². The highest BCUT2D eigenvalue weighted by Crippen LogP contribution is 2.33. The first-order valence-corrected chi connectivity index (χ1v) is 7.12. The summed E-state index contributed by atoms with van der Waals surface area (Å²) in [6.45, 7) is 2.51. The van der Waals surface area contributed by atoms with Gasteiger partial charge in [-0.15, -0.1) is 0 Å². The van der Waals surface area contributed by atoms with Gasteiger partial charge in [-0.3, -0.25) is 9.42 Å². The van der Waals surface area contributed by atoms with Gasteiger partial charge in [-0.2, -0.15) is 0 Å². The zero-order chi connectivity index (χ0) is 13.8. The van der Waals surface area contributed by atoms with Crippen LogP contribution < -0.4 is 9.47 Å². The Bertz CT molecular complexity index is 429. The molecule has 1 aliphatic heterocycles. The Balaban J connectivity index is 1.89. The number of rotatable bonds is 6. The molecule has 19 heavy (non-hydrogen) atoms. The quantitative estimate of drug-likeness (QED) is 0.610. The molecular weight excluding hydrogens is 269 g/mol. The molecule has 0 amide bonds. The smallest absolute Gasteiger partial charge is 0.328 e. The van der Waals surface area contributed by atoms with Gasteiger partial charge in [-0.05, 0) is 38.1 Å². The molecule has 1 aromatic rings. The van der Waals surface area contributed by atoms with Crippen LogP contribution in [0.1, 0.15) is 12.5 Å². The molecule has 0 bridgehead atoms. The van der Waals surface area contributed by atoms with Crippen LogP contribution in [-0.2, 0) is 10.9 Å². The van der Waals surface area contributed by atoms with Crippen LogP contribution in [0.3, 0.4) is 0 Å². The number of hydrogen-bond donors (Lipinski definition) is 2. The van der Waals surface area contributed by atoms with E-state index in [-0.39, 0.29) is 19.6 Å². The van der Waals surface area contributed by atoms with Crippen molar-refractivity contribution in [1.29, 1.82) is 0 Å². The zero-order valence-electron chi connectivity index (χ0n) is 10.9. The number of hydrogen-bond acceptors (Lipinski definition) is 6. The molecule has 0 spiro atoms. The average Bonchev–Trinajstić information content (AvgIpc) is 2.83. The largest absolute Gasteiger partial charge is 0.454 e. The molecule has 1 aromatic carbocycles. The fraction of sp³-hybridized carbons (Fsp3) is 0.500. The number of ether oxygens (including phenoxy) is 2. The fourth-order valence-corrected chi connectivity index (χ4v) is 2.12. The molecule has 2 rings (SSSR count). The van der Waals surface area contributed by atoms with Crippen LogP contribution in [0.4, 0.5) is 0 Å². The molecule has 0 aromatic heterocycles. The minimum atomic E-state index is -2.30. The summed E-state index contributed by atoms with van der Waals surface area (Å²) in [6.07, 6.45) is 0.811. The summed E-state index contributed by atoms with van der Waals surface area (Å²) in [6, 6.07) is 6.08. The van der Waals surface area contributed by atoms with E-state index in [2.05, 4.69) is 0 Å². The van der Waals surface area contributed by atoms with Crippen molar-refractivity contribution in [2.24, 2.45) is 0 Å². The first kappa shape index (κ1) is 14.5. The molecule has 6 nitrogen and oxygen atoms in total. The molecular formula is C12H18NO5P. The predicted octanol–water partition coefficient (Wildman–Crippen LogP) is 1.46. The number of likely N-dealkylation sites (N-methyl/N-ethyl adjacent to an activating group) is 1. The number of nitrogens with zero attached hydrogens (tertiary/aromatic N) is 1.